The first-order chi connectivity index (χ1) is 22.5. The zero-order valence-electron chi connectivity index (χ0n) is 28.9. The maximum absolute atomic E-state index is 12.3. The standard InChI is InChI=1S/C23H28O2.C19H30O2/c1-17-8-10-20(11-9-17)21-12-14-22(15-13-21)23(24)25-16-18(2)19-6-4-3-5-7-19;1-3-4-5-6-16-7-11-18(12-8-16)19-13-9-17(10-14-19)15-21-20-2/h3-7,12-15,17-18,20H,8-11,16H2,1-2H3;9-10,13-14,16,18H,3-8,11-12,15H2,1-2H3. The Hall–Kier alpha value is -2.95. The van der Waals surface area contributed by atoms with Gasteiger partial charge in [-0.3, -0.25) is 0 Å². The zero-order valence-corrected chi connectivity index (χ0v) is 28.9. The Morgan fingerprint density at radius 2 is 1.35 bits per heavy atom. The van der Waals surface area contributed by atoms with Gasteiger partial charge in [-0.1, -0.05) is 126 Å². The fourth-order valence-corrected chi connectivity index (χ4v) is 7.13. The minimum Gasteiger partial charge on any atom is -0.461 e. The molecule has 46 heavy (non-hydrogen) atoms. The first-order valence-electron chi connectivity index (χ1n) is 18.0. The maximum Gasteiger partial charge on any atom is 0.338 e. The lowest BCUT2D eigenvalue weighted by Gasteiger charge is -2.29. The van der Waals surface area contributed by atoms with Crippen molar-refractivity contribution in [3.05, 3.63) is 107 Å². The third-order valence-electron chi connectivity index (χ3n) is 10.3. The molecular formula is C42H58O4. The number of carbonyl (C=O) groups excluding carboxylic acids is 1. The van der Waals surface area contributed by atoms with Crippen LogP contribution in [0.15, 0.2) is 78.9 Å². The molecule has 250 valence electrons. The molecule has 3 aromatic rings. The van der Waals surface area contributed by atoms with E-state index in [1.807, 2.05) is 30.3 Å². The predicted molar refractivity (Wildman–Crippen MR) is 189 cm³/mol. The first kappa shape index (κ1) is 35.9. The van der Waals surface area contributed by atoms with E-state index in [-0.39, 0.29) is 11.9 Å². The molecule has 0 bridgehead atoms. The van der Waals surface area contributed by atoms with Gasteiger partial charge in [0, 0.05) is 5.92 Å². The van der Waals surface area contributed by atoms with Crippen LogP contribution in [0.3, 0.4) is 0 Å². The molecule has 0 aliphatic heterocycles. The lowest BCUT2D eigenvalue weighted by atomic mass is 9.77. The molecule has 2 fully saturated rings. The Balaban J connectivity index is 0.000000212. The summed E-state index contributed by atoms with van der Waals surface area (Å²) in [5, 5.41) is 0. The topological polar surface area (TPSA) is 44.8 Å². The number of benzene rings is 3. The summed E-state index contributed by atoms with van der Waals surface area (Å²) in [4.78, 5) is 21.9. The SMILES string of the molecule is CC1CCC(c2ccc(C(=O)OCC(C)c3ccccc3)cc2)CC1.CCCCCC1CCC(c2ccc(COOC)cc2)CC1. The van der Waals surface area contributed by atoms with Crippen LogP contribution in [0.25, 0.3) is 0 Å². The van der Waals surface area contributed by atoms with Crippen molar-refractivity contribution in [3.8, 4) is 0 Å². The Morgan fingerprint density at radius 3 is 1.93 bits per heavy atom. The summed E-state index contributed by atoms with van der Waals surface area (Å²) < 4.78 is 5.50. The molecule has 1 atom stereocenters. The van der Waals surface area contributed by atoms with Gasteiger partial charge in [0.25, 0.3) is 0 Å². The molecular weight excluding hydrogens is 568 g/mol. The summed E-state index contributed by atoms with van der Waals surface area (Å²) >= 11 is 0. The van der Waals surface area contributed by atoms with Crippen LogP contribution in [-0.2, 0) is 21.1 Å². The van der Waals surface area contributed by atoms with E-state index < -0.39 is 0 Å². The van der Waals surface area contributed by atoms with E-state index in [4.69, 9.17) is 9.62 Å². The van der Waals surface area contributed by atoms with Crippen LogP contribution in [0.5, 0.6) is 0 Å². The average Bonchev–Trinajstić information content (AvgIpc) is 3.11. The molecule has 0 saturated heterocycles. The normalized spacial score (nSPS) is 21.9. The Kier molecular flexibility index (Phi) is 15.3. The summed E-state index contributed by atoms with van der Waals surface area (Å²) in [6.07, 6.45) is 16.4. The van der Waals surface area contributed by atoms with Crippen LogP contribution in [0.4, 0.5) is 0 Å². The highest BCUT2D eigenvalue weighted by Crippen LogP contribution is 2.38. The number of esters is 1. The zero-order chi connectivity index (χ0) is 32.6. The number of unbranched alkanes of at least 4 members (excludes halogenated alkanes) is 2. The minimum absolute atomic E-state index is 0.202. The highest BCUT2D eigenvalue weighted by atomic mass is 17.2. The summed E-state index contributed by atoms with van der Waals surface area (Å²) in [6.45, 7) is 7.64. The molecule has 0 amide bonds. The fraction of sp³-hybridized carbons (Fsp3) is 0.548. The number of hydrogen-bond donors (Lipinski definition) is 0. The van der Waals surface area contributed by atoms with Crippen molar-refractivity contribution in [1.29, 1.82) is 0 Å². The number of hydrogen-bond acceptors (Lipinski definition) is 4. The summed E-state index contributed by atoms with van der Waals surface area (Å²) in [5.74, 6) is 3.24. The van der Waals surface area contributed by atoms with E-state index in [0.29, 0.717) is 24.7 Å². The lowest BCUT2D eigenvalue weighted by Crippen LogP contribution is -2.13. The van der Waals surface area contributed by atoms with Gasteiger partial charge >= 0.3 is 5.97 Å². The number of ether oxygens (including phenoxy) is 1. The van der Waals surface area contributed by atoms with Gasteiger partial charge in [-0.05, 0) is 96.6 Å². The van der Waals surface area contributed by atoms with Gasteiger partial charge in [0.1, 0.15) is 6.61 Å². The number of carbonyl (C=O) groups is 1. The van der Waals surface area contributed by atoms with E-state index in [2.05, 4.69) is 74.2 Å². The molecule has 4 nitrogen and oxygen atoms in total. The molecule has 0 heterocycles. The van der Waals surface area contributed by atoms with E-state index in [1.54, 1.807) is 7.11 Å². The molecule has 0 spiro atoms. The molecule has 2 saturated carbocycles. The molecule has 2 aliphatic rings. The van der Waals surface area contributed by atoms with E-state index in [1.165, 1.54) is 99.3 Å². The molecule has 4 heteroatoms. The molecule has 1 unspecified atom stereocenters. The van der Waals surface area contributed by atoms with Crippen molar-refractivity contribution in [2.45, 2.75) is 122 Å². The van der Waals surface area contributed by atoms with Crippen molar-refractivity contribution < 1.29 is 19.3 Å². The quantitative estimate of drug-likeness (QED) is 0.0819. The van der Waals surface area contributed by atoms with Gasteiger partial charge in [0.15, 0.2) is 0 Å². The van der Waals surface area contributed by atoms with Crippen molar-refractivity contribution in [2.24, 2.45) is 11.8 Å². The molecule has 3 aromatic carbocycles. The van der Waals surface area contributed by atoms with Crippen LogP contribution >= 0.6 is 0 Å². The van der Waals surface area contributed by atoms with Crippen molar-refractivity contribution in [2.75, 3.05) is 13.7 Å². The third-order valence-corrected chi connectivity index (χ3v) is 10.3. The van der Waals surface area contributed by atoms with Crippen molar-refractivity contribution >= 4 is 5.97 Å². The van der Waals surface area contributed by atoms with Gasteiger partial charge in [0.05, 0.1) is 19.3 Å². The molecule has 0 radical (unpaired) electrons. The molecule has 0 aromatic heterocycles. The van der Waals surface area contributed by atoms with E-state index in [9.17, 15) is 4.79 Å². The lowest BCUT2D eigenvalue weighted by molar-refractivity contribution is -0.282. The van der Waals surface area contributed by atoms with E-state index in [0.717, 1.165) is 17.8 Å². The summed E-state index contributed by atoms with van der Waals surface area (Å²) in [6, 6.07) is 27.1. The van der Waals surface area contributed by atoms with Crippen LogP contribution in [0.1, 0.15) is 148 Å². The second kappa shape index (κ2) is 19.7. The van der Waals surface area contributed by atoms with Crippen LogP contribution in [0, 0.1) is 11.8 Å². The molecule has 5 rings (SSSR count). The van der Waals surface area contributed by atoms with Crippen LogP contribution in [0.2, 0.25) is 0 Å². The third kappa shape index (κ3) is 11.7. The second-order valence-corrected chi connectivity index (χ2v) is 13.9. The van der Waals surface area contributed by atoms with Gasteiger partial charge in [-0.2, -0.15) is 0 Å². The Bertz CT molecular complexity index is 1240. The summed E-state index contributed by atoms with van der Waals surface area (Å²) in [5.41, 5.74) is 5.88. The van der Waals surface area contributed by atoms with Crippen LogP contribution in [-0.4, -0.2) is 19.7 Å². The second-order valence-electron chi connectivity index (χ2n) is 13.9. The van der Waals surface area contributed by atoms with E-state index >= 15 is 0 Å². The minimum atomic E-state index is -0.230. The van der Waals surface area contributed by atoms with Crippen molar-refractivity contribution in [1.82, 2.24) is 0 Å². The molecule has 2 aliphatic carbocycles. The average molecular weight is 627 g/mol. The van der Waals surface area contributed by atoms with Crippen LogP contribution < -0.4 is 0 Å². The Morgan fingerprint density at radius 1 is 0.761 bits per heavy atom. The monoisotopic (exact) mass is 626 g/mol. The fourth-order valence-electron chi connectivity index (χ4n) is 7.13. The predicted octanol–water partition coefficient (Wildman–Crippen LogP) is 11.6. The first-order valence-corrected chi connectivity index (χ1v) is 18.0. The summed E-state index contributed by atoms with van der Waals surface area (Å²) in [7, 11) is 1.55. The van der Waals surface area contributed by atoms with Gasteiger partial charge in [-0.15, -0.1) is 0 Å². The molecule has 0 N–H and O–H groups in total. The highest BCUT2D eigenvalue weighted by molar-refractivity contribution is 5.89. The Labute approximate surface area is 279 Å². The highest BCUT2D eigenvalue weighted by Gasteiger charge is 2.22. The van der Waals surface area contributed by atoms with Gasteiger partial charge < -0.3 is 4.74 Å². The van der Waals surface area contributed by atoms with Gasteiger partial charge in [0.2, 0.25) is 0 Å². The largest absolute Gasteiger partial charge is 0.461 e. The van der Waals surface area contributed by atoms with Gasteiger partial charge in [-0.25, -0.2) is 14.6 Å². The van der Waals surface area contributed by atoms with Crippen molar-refractivity contribution in [3.63, 3.8) is 0 Å². The maximum atomic E-state index is 12.3. The smallest absolute Gasteiger partial charge is 0.338 e. The number of rotatable bonds is 13.